The molecule has 1 aliphatic carbocycles. The van der Waals surface area contributed by atoms with E-state index in [1.807, 2.05) is 54.0 Å². The van der Waals surface area contributed by atoms with Crippen LogP contribution in [0.25, 0.3) is 33.4 Å². The summed E-state index contributed by atoms with van der Waals surface area (Å²) in [6.45, 7) is 4.01. The van der Waals surface area contributed by atoms with Crippen LogP contribution in [0.4, 0.5) is 5.82 Å². The number of esters is 1. The van der Waals surface area contributed by atoms with E-state index in [1.165, 1.54) is 4.68 Å². The summed E-state index contributed by atoms with van der Waals surface area (Å²) in [5.41, 5.74) is 12.6. The molecule has 0 spiro atoms. The van der Waals surface area contributed by atoms with E-state index in [0.29, 0.717) is 18.1 Å². The van der Waals surface area contributed by atoms with Gasteiger partial charge in [0.05, 0.1) is 23.2 Å². The zero-order chi connectivity index (χ0) is 24.0. The maximum absolute atomic E-state index is 13.0. The first-order valence-corrected chi connectivity index (χ1v) is 11.7. The monoisotopic (exact) mass is 459 g/mol. The van der Waals surface area contributed by atoms with Gasteiger partial charge in [-0.3, -0.25) is 13.9 Å². The highest BCUT2D eigenvalue weighted by Crippen LogP contribution is 2.39. The minimum absolute atomic E-state index is 0.00161. The Morgan fingerprint density at radius 3 is 2.62 bits per heavy atom. The second-order valence-electron chi connectivity index (χ2n) is 8.94. The molecule has 2 N–H and O–H groups in total. The number of fused-ring (bicyclic) bond motifs is 1. The van der Waals surface area contributed by atoms with Gasteiger partial charge in [0.15, 0.2) is 0 Å². The molecule has 1 saturated carbocycles. The van der Waals surface area contributed by atoms with Crippen LogP contribution in [0.5, 0.6) is 0 Å². The van der Waals surface area contributed by atoms with Crippen LogP contribution in [0.2, 0.25) is 0 Å². The first-order chi connectivity index (χ1) is 16.4. The predicted octanol–water partition coefficient (Wildman–Crippen LogP) is 4.05. The fourth-order valence-electron chi connectivity index (χ4n) is 4.72. The number of rotatable bonds is 6. The molecule has 0 aliphatic heterocycles. The van der Waals surface area contributed by atoms with Gasteiger partial charge in [0, 0.05) is 18.7 Å². The topological polar surface area (TPSA) is 97.1 Å². The van der Waals surface area contributed by atoms with Crippen molar-refractivity contribution in [1.29, 1.82) is 0 Å². The fourth-order valence-corrected chi connectivity index (χ4v) is 4.72. The number of imidazole rings is 1. The first kappa shape index (κ1) is 22.0. The van der Waals surface area contributed by atoms with Crippen LogP contribution in [-0.2, 0) is 23.1 Å². The third-order valence-electron chi connectivity index (χ3n) is 6.69. The van der Waals surface area contributed by atoms with Gasteiger partial charge in [-0.1, -0.05) is 29.8 Å². The quantitative estimate of drug-likeness (QED) is 0.439. The van der Waals surface area contributed by atoms with Crippen molar-refractivity contribution < 1.29 is 9.53 Å². The van der Waals surface area contributed by atoms with E-state index in [1.54, 1.807) is 18.5 Å². The average Bonchev–Trinajstić information content (AvgIpc) is 3.22. The zero-order valence-electron chi connectivity index (χ0n) is 19.7. The number of benzene rings is 2. The highest BCUT2D eigenvalue weighted by atomic mass is 16.5. The van der Waals surface area contributed by atoms with Crippen molar-refractivity contribution in [3.05, 3.63) is 58.5 Å². The number of carbonyl (C=O) groups is 1. The Hall–Kier alpha value is -3.81. The van der Waals surface area contributed by atoms with Gasteiger partial charge >= 0.3 is 11.7 Å². The van der Waals surface area contributed by atoms with Gasteiger partial charge in [-0.05, 0) is 56.9 Å². The number of aromatic nitrogens is 4. The molecule has 4 aromatic rings. The predicted molar refractivity (Wildman–Crippen MR) is 133 cm³/mol. The number of carbonyl (C=O) groups excluding carboxylic acids is 1. The van der Waals surface area contributed by atoms with Crippen LogP contribution < -0.4 is 11.4 Å². The summed E-state index contributed by atoms with van der Waals surface area (Å²) >= 11 is 0. The molecule has 0 atom stereocenters. The fraction of sp³-hybridized carbons (Fsp3) is 0.346. The molecule has 176 valence electrons. The van der Waals surface area contributed by atoms with Crippen molar-refractivity contribution in [2.45, 2.75) is 45.7 Å². The summed E-state index contributed by atoms with van der Waals surface area (Å²) in [7, 11) is 1.80. The number of ether oxygens (including phenoxy) is 1. The van der Waals surface area contributed by atoms with E-state index in [2.05, 4.69) is 0 Å². The van der Waals surface area contributed by atoms with Gasteiger partial charge in [-0.2, -0.15) is 5.10 Å². The molecular weight excluding hydrogens is 430 g/mol. The van der Waals surface area contributed by atoms with E-state index in [-0.39, 0.29) is 18.3 Å². The number of hydrogen-bond acceptors (Lipinski definition) is 5. The van der Waals surface area contributed by atoms with Gasteiger partial charge in [0.25, 0.3) is 0 Å². The lowest BCUT2D eigenvalue weighted by molar-refractivity contribution is -0.143. The number of anilines is 1. The van der Waals surface area contributed by atoms with Gasteiger partial charge < -0.3 is 10.5 Å². The Bertz CT molecular complexity index is 1460. The largest absolute Gasteiger partial charge is 0.465 e. The lowest BCUT2D eigenvalue weighted by atomic mass is 9.92. The van der Waals surface area contributed by atoms with Crippen molar-refractivity contribution in [2.75, 3.05) is 12.3 Å². The molecule has 5 rings (SSSR count). The second kappa shape index (κ2) is 8.52. The van der Waals surface area contributed by atoms with Crippen LogP contribution in [-0.4, -0.2) is 31.5 Å². The van der Waals surface area contributed by atoms with Crippen molar-refractivity contribution in [1.82, 2.24) is 18.9 Å². The van der Waals surface area contributed by atoms with Crippen LogP contribution in [0.3, 0.4) is 0 Å². The number of nitrogen functional groups attached to an aromatic ring is 1. The molecule has 1 fully saturated rings. The van der Waals surface area contributed by atoms with Gasteiger partial charge in [0.2, 0.25) is 0 Å². The highest BCUT2D eigenvalue weighted by Gasteiger charge is 2.26. The van der Waals surface area contributed by atoms with Crippen LogP contribution in [0, 0.1) is 6.92 Å². The first-order valence-electron chi connectivity index (χ1n) is 11.7. The van der Waals surface area contributed by atoms with Crippen LogP contribution in [0.15, 0.2) is 47.3 Å². The highest BCUT2D eigenvalue weighted by molar-refractivity contribution is 5.92. The maximum Gasteiger partial charge on any atom is 0.329 e. The smallest absolute Gasteiger partial charge is 0.329 e. The van der Waals surface area contributed by atoms with Gasteiger partial charge in [-0.25, -0.2) is 9.48 Å². The Morgan fingerprint density at radius 1 is 1.15 bits per heavy atom. The van der Waals surface area contributed by atoms with E-state index in [0.717, 1.165) is 52.5 Å². The Balaban J connectivity index is 1.69. The third-order valence-corrected chi connectivity index (χ3v) is 6.69. The molecule has 2 heterocycles. The molecule has 2 aromatic heterocycles. The number of hydrogen-bond donors (Lipinski definition) is 1. The molecule has 0 bridgehead atoms. The maximum atomic E-state index is 13.0. The lowest BCUT2D eigenvalue weighted by Crippen LogP contribution is -2.29. The molecule has 0 radical (unpaired) electrons. The SMILES string of the molecule is CCOC(=O)Cn1nc(-c2cccc(C)c2)c(-c2ccc3c(c2)n(C)c(=O)n3C2CCC2)c1N. The molecule has 8 heteroatoms. The summed E-state index contributed by atoms with van der Waals surface area (Å²) in [6.07, 6.45) is 3.22. The average molecular weight is 460 g/mol. The summed E-state index contributed by atoms with van der Waals surface area (Å²) < 4.78 is 10.2. The normalized spacial score (nSPS) is 13.9. The molecule has 1 aliphatic rings. The van der Waals surface area contributed by atoms with E-state index < -0.39 is 5.97 Å². The molecule has 0 saturated heterocycles. The molecular formula is C26H29N5O3. The van der Waals surface area contributed by atoms with Gasteiger partial charge in [-0.15, -0.1) is 0 Å². The van der Waals surface area contributed by atoms with Crippen molar-refractivity contribution in [2.24, 2.45) is 7.05 Å². The summed E-state index contributed by atoms with van der Waals surface area (Å²) in [5.74, 6) is -0.0122. The standard InChI is InChI=1S/C26H29N5O3/c1-4-34-22(32)15-30-25(27)23(24(28-30)18-8-5-7-16(2)13-18)17-11-12-20-21(14-17)29(3)26(33)31(20)19-9-6-10-19/h5,7-8,11-14,19H,4,6,9-10,15,27H2,1-3H3. The molecule has 0 unspecified atom stereocenters. The van der Waals surface area contributed by atoms with Gasteiger partial charge in [0.1, 0.15) is 18.1 Å². The Kier molecular flexibility index (Phi) is 5.51. The zero-order valence-corrected chi connectivity index (χ0v) is 19.7. The number of nitrogens with zero attached hydrogens (tertiary/aromatic N) is 4. The third kappa shape index (κ3) is 3.59. The molecule has 2 aromatic carbocycles. The minimum Gasteiger partial charge on any atom is -0.465 e. The summed E-state index contributed by atoms with van der Waals surface area (Å²) in [6, 6.07) is 14.3. The Labute approximate surface area is 197 Å². The minimum atomic E-state index is -0.394. The molecule has 0 amide bonds. The van der Waals surface area contributed by atoms with Crippen molar-refractivity contribution in [3.63, 3.8) is 0 Å². The van der Waals surface area contributed by atoms with Crippen molar-refractivity contribution in [3.8, 4) is 22.4 Å². The summed E-state index contributed by atoms with van der Waals surface area (Å²) in [5, 5.41) is 4.71. The summed E-state index contributed by atoms with van der Waals surface area (Å²) in [4.78, 5) is 25.2. The molecule has 8 nitrogen and oxygen atoms in total. The lowest BCUT2D eigenvalue weighted by Gasteiger charge is -2.26. The molecule has 34 heavy (non-hydrogen) atoms. The Morgan fingerprint density at radius 2 is 1.94 bits per heavy atom. The van der Waals surface area contributed by atoms with Crippen molar-refractivity contribution >= 4 is 22.8 Å². The second-order valence-corrected chi connectivity index (χ2v) is 8.94. The van der Waals surface area contributed by atoms with E-state index in [4.69, 9.17) is 15.6 Å². The van der Waals surface area contributed by atoms with E-state index >= 15 is 0 Å². The number of aryl methyl sites for hydroxylation is 2. The van der Waals surface area contributed by atoms with Crippen LogP contribution in [0.1, 0.15) is 37.8 Å². The number of nitrogens with two attached hydrogens (primary N) is 1. The van der Waals surface area contributed by atoms with E-state index in [9.17, 15) is 9.59 Å². The van der Waals surface area contributed by atoms with Crippen LogP contribution >= 0.6 is 0 Å².